The third-order valence-corrected chi connectivity index (χ3v) is 10.5. The highest BCUT2D eigenvalue weighted by molar-refractivity contribution is 6.74. The zero-order valence-electron chi connectivity index (χ0n) is 20.2. The molecule has 174 valence electrons. The van der Waals surface area contributed by atoms with E-state index in [1.54, 1.807) is 26.0 Å². The molecule has 1 N–H and O–H groups in total. The summed E-state index contributed by atoms with van der Waals surface area (Å²) in [5, 5.41) is 20.8. The number of ether oxygens (including phenoxy) is 1. The van der Waals surface area contributed by atoms with E-state index >= 15 is 0 Å². The summed E-state index contributed by atoms with van der Waals surface area (Å²) < 4.78 is 12.6. The fourth-order valence-electron chi connectivity index (χ4n) is 3.37. The third kappa shape index (κ3) is 5.12. The third-order valence-electron chi connectivity index (χ3n) is 6.17. The Hall–Kier alpha value is -2.87. The van der Waals surface area contributed by atoms with Crippen LogP contribution in [0.4, 0.5) is 5.69 Å². The molecule has 0 aliphatic rings. The van der Waals surface area contributed by atoms with Gasteiger partial charge in [0.1, 0.15) is 11.5 Å². The predicted octanol–water partition coefficient (Wildman–Crippen LogP) is 6.28. The van der Waals surface area contributed by atoms with Crippen LogP contribution in [0, 0.1) is 24.0 Å². The van der Waals surface area contributed by atoms with Gasteiger partial charge in [-0.2, -0.15) is 0 Å². The number of aromatic carboxylic acids is 1. The molecule has 0 saturated carbocycles. The Morgan fingerprint density at radius 2 is 1.62 bits per heavy atom. The number of nitro benzene ring substituents is 1. The van der Waals surface area contributed by atoms with Gasteiger partial charge in [-0.3, -0.25) is 10.1 Å². The smallest absolute Gasteiger partial charge is 0.336 e. The molecule has 0 bridgehead atoms. The first kappa shape index (κ1) is 25.4. The molecular formula is C24H33NO6Si. The maximum absolute atomic E-state index is 12.1. The van der Waals surface area contributed by atoms with Crippen LogP contribution < -0.4 is 9.16 Å². The second-order valence-corrected chi connectivity index (χ2v) is 14.2. The van der Waals surface area contributed by atoms with Crippen LogP contribution in [0.1, 0.15) is 60.3 Å². The number of rotatable bonds is 8. The molecular weight excluding hydrogens is 426 g/mol. The Morgan fingerprint density at radius 3 is 2.06 bits per heavy atom. The van der Waals surface area contributed by atoms with Crippen LogP contribution in [0.25, 0.3) is 0 Å². The van der Waals surface area contributed by atoms with Crippen LogP contribution in [0.5, 0.6) is 11.5 Å². The van der Waals surface area contributed by atoms with E-state index in [1.165, 1.54) is 12.1 Å². The van der Waals surface area contributed by atoms with Gasteiger partial charge in [0.25, 0.3) is 14.0 Å². The maximum atomic E-state index is 12.1. The van der Waals surface area contributed by atoms with Crippen LogP contribution in [-0.4, -0.2) is 30.9 Å². The van der Waals surface area contributed by atoms with Crippen molar-refractivity contribution in [3.63, 3.8) is 0 Å². The van der Waals surface area contributed by atoms with E-state index in [1.807, 2.05) is 6.92 Å². The lowest BCUT2D eigenvalue weighted by molar-refractivity contribution is -0.384. The van der Waals surface area contributed by atoms with E-state index in [0.29, 0.717) is 35.7 Å². The molecule has 0 amide bonds. The second kappa shape index (κ2) is 9.32. The first-order chi connectivity index (χ1) is 14.7. The number of carboxylic acid groups (broad SMARTS) is 1. The Balaban J connectivity index is 2.77. The van der Waals surface area contributed by atoms with Gasteiger partial charge in [0.05, 0.1) is 17.1 Å². The van der Waals surface area contributed by atoms with E-state index in [0.717, 1.165) is 11.1 Å². The molecule has 0 atom stereocenters. The van der Waals surface area contributed by atoms with Crippen molar-refractivity contribution in [1.82, 2.24) is 0 Å². The Morgan fingerprint density at radius 1 is 1.09 bits per heavy atom. The van der Waals surface area contributed by atoms with Gasteiger partial charge < -0.3 is 14.3 Å². The van der Waals surface area contributed by atoms with Crippen molar-refractivity contribution in [3.05, 3.63) is 62.2 Å². The van der Waals surface area contributed by atoms with Gasteiger partial charge in [-0.05, 0) is 44.5 Å². The first-order valence-corrected chi connectivity index (χ1v) is 13.6. The molecule has 0 unspecified atom stereocenters. The summed E-state index contributed by atoms with van der Waals surface area (Å²) in [5.41, 5.74) is 2.94. The molecule has 2 aromatic rings. The number of nitro groups is 1. The van der Waals surface area contributed by atoms with E-state index < -0.39 is 19.2 Å². The van der Waals surface area contributed by atoms with Crippen molar-refractivity contribution in [2.24, 2.45) is 0 Å². The minimum atomic E-state index is -2.31. The molecule has 32 heavy (non-hydrogen) atoms. The van der Waals surface area contributed by atoms with Crippen molar-refractivity contribution >= 4 is 20.0 Å². The van der Waals surface area contributed by atoms with E-state index in [4.69, 9.17) is 9.16 Å². The summed E-state index contributed by atoms with van der Waals surface area (Å²) in [6.07, 6.45) is 0.402. The monoisotopic (exact) mass is 459 g/mol. The zero-order valence-corrected chi connectivity index (χ0v) is 21.2. The van der Waals surface area contributed by atoms with Crippen molar-refractivity contribution in [3.8, 4) is 11.5 Å². The number of carbonyl (C=O) groups is 1. The van der Waals surface area contributed by atoms with Gasteiger partial charge in [0.15, 0.2) is 0 Å². The average molecular weight is 460 g/mol. The predicted molar refractivity (Wildman–Crippen MR) is 128 cm³/mol. The van der Waals surface area contributed by atoms with E-state index in [-0.39, 0.29) is 16.3 Å². The highest BCUT2D eigenvalue weighted by Gasteiger charge is 2.40. The number of nitrogens with zero attached hydrogens (tertiary/aromatic N) is 1. The van der Waals surface area contributed by atoms with Gasteiger partial charge in [-0.15, -0.1) is 0 Å². The lowest BCUT2D eigenvalue weighted by Gasteiger charge is -2.38. The largest absolute Gasteiger partial charge is 0.543 e. The molecule has 0 aliphatic heterocycles. The standard InChI is InChI=1S/C24H33NO6Si/c1-9-30-21-15(2)20(23(26)27)16(3)22(31-32(7,8)24(4,5)6)19(21)14-17-10-12-18(13-11-17)25(28)29/h10-13H,9,14H2,1-8H3,(H,26,27). The van der Waals surface area contributed by atoms with Gasteiger partial charge in [-0.25, -0.2) is 4.79 Å². The van der Waals surface area contributed by atoms with Crippen LogP contribution in [0.15, 0.2) is 24.3 Å². The highest BCUT2D eigenvalue weighted by Crippen LogP contribution is 2.45. The Labute approximate surface area is 190 Å². The molecule has 0 radical (unpaired) electrons. The normalized spacial score (nSPS) is 11.9. The Kier molecular flexibility index (Phi) is 7.39. The van der Waals surface area contributed by atoms with E-state index in [2.05, 4.69) is 33.9 Å². The minimum Gasteiger partial charge on any atom is -0.543 e. The highest BCUT2D eigenvalue weighted by atomic mass is 28.4. The SMILES string of the molecule is CCOc1c(C)c(C(=O)O)c(C)c(O[Si](C)(C)C(C)(C)C)c1Cc1ccc([N+](=O)[O-])cc1. The molecule has 0 saturated heterocycles. The summed E-state index contributed by atoms with van der Waals surface area (Å²) in [5.74, 6) is 0.0203. The van der Waals surface area contributed by atoms with Gasteiger partial charge in [0.2, 0.25) is 0 Å². The molecule has 2 rings (SSSR count). The molecule has 0 aliphatic carbocycles. The second-order valence-electron chi connectivity index (χ2n) is 9.46. The summed E-state index contributed by atoms with van der Waals surface area (Å²) in [6, 6.07) is 6.35. The molecule has 8 heteroatoms. The molecule has 0 fully saturated rings. The molecule has 0 aromatic heterocycles. The van der Waals surface area contributed by atoms with E-state index in [9.17, 15) is 20.0 Å². The van der Waals surface area contributed by atoms with Gasteiger partial charge in [0, 0.05) is 35.2 Å². The van der Waals surface area contributed by atoms with Crippen LogP contribution in [0.3, 0.4) is 0 Å². The fourth-order valence-corrected chi connectivity index (χ4v) is 4.46. The van der Waals surface area contributed by atoms with Gasteiger partial charge >= 0.3 is 5.97 Å². The Bertz CT molecular complexity index is 1020. The van der Waals surface area contributed by atoms with Gasteiger partial charge in [-0.1, -0.05) is 32.9 Å². The maximum Gasteiger partial charge on any atom is 0.336 e. The average Bonchev–Trinajstić information content (AvgIpc) is 2.67. The van der Waals surface area contributed by atoms with Crippen molar-refractivity contribution in [1.29, 1.82) is 0 Å². The van der Waals surface area contributed by atoms with Crippen LogP contribution in [0.2, 0.25) is 18.1 Å². The minimum absolute atomic E-state index is 0.0186. The summed E-state index contributed by atoms with van der Waals surface area (Å²) in [4.78, 5) is 22.7. The summed E-state index contributed by atoms with van der Waals surface area (Å²) >= 11 is 0. The van der Waals surface area contributed by atoms with Crippen molar-refractivity contribution < 1.29 is 24.0 Å². The quantitative estimate of drug-likeness (QED) is 0.283. The van der Waals surface area contributed by atoms with Crippen molar-refractivity contribution in [2.75, 3.05) is 6.61 Å². The topological polar surface area (TPSA) is 98.9 Å². The summed E-state index contributed by atoms with van der Waals surface area (Å²) in [7, 11) is -2.31. The zero-order chi connectivity index (χ0) is 24.4. The summed E-state index contributed by atoms with van der Waals surface area (Å²) in [6.45, 7) is 16.3. The number of carboxylic acids is 1. The van der Waals surface area contributed by atoms with Crippen LogP contribution >= 0.6 is 0 Å². The number of hydrogen-bond acceptors (Lipinski definition) is 5. The van der Waals surface area contributed by atoms with Crippen molar-refractivity contribution in [2.45, 2.75) is 66.1 Å². The number of non-ortho nitro benzene ring substituents is 1. The molecule has 7 nitrogen and oxygen atoms in total. The molecule has 2 aromatic carbocycles. The lowest BCUT2D eigenvalue weighted by atomic mass is 9.93. The fraction of sp³-hybridized carbons (Fsp3) is 0.458. The number of benzene rings is 2. The molecule has 0 spiro atoms. The number of hydrogen-bond donors (Lipinski definition) is 1. The van der Waals surface area contributed by atoms with Crippen LogP contribution in [-0.2, 0) is 6.42 Å². The lowest BCUT2D eigenvalue weighted by Crippen LogP contribution is -2.44. The molecule has 0 heterocycles. The first-order valence-electron chi connectivity index (χ1n) is 10.7.